The molecule has 0 bridgehead atoms. The fourth-order valence-electron chi connectivity index (χ4n) is 1.80. The molecule has 0 unspecified atom stereocenters. The largest absolute Gasteiger partial charge is 0.618 e. The second-order valence-electron chi connectivity index (χ2n) is 5.87. The molecule has 0 atom stereocenters. The number of halogens is 1. The Morgan fingerprint density at radius 2 is 1.91 bits per heavy atom. The molecule has 0 radical (unpaired) electrons. The van der Waals surface area contributed by atoms with Crippen LogP contribution in [0.5, 0.6) is 11.5 Å². The lowest BCUT2D eigenvalue weighted by atomic mass is 10.0. The van der Waals surface area contributed by atoms with Crippen LogP contribution in [0.25, 0.3) is 0 Å². The number of nitrogens with zero attached hydrogens (tertiary/aromatic N) is 2. The minimum absolute atomic E-state index is 0.0203. The third kappa shape index (κ3) is 4.04. The Hall–Kier alpha value is -2.47. The van der Waals surface area contributed by atoms with Crippen molar-refractivity contribution in [3.63, 3.8) is 0 Å². The zero-order valence-corrected chi connectivity index (χ0v) is 13.7. The molecule has 0 saturated heterocycles. The van der Waals surface area contributed by atoms with Crippen molar-refractivity contribution in [2.45, 2.75) is 26.4 Å². The Morgan fingerprint density at radius 1 is 1.22 bits per heavy atom. The Bertz CT molecular complexity index is 734. The minimum Gasteiger partial charge on any atom is -0.618 e. The minimum atomic E-state index is -0.627. The lowest BCUT2D eigenvalue weighted by Crippen LogP contribution is -2.35. The highest BCUT2D eigenvalue weighted by molar-refractivity contribution is 6.31. The van der Waals surface area contributed by atoms with Gasteiger partial charge in [-0.3, -0.25) is 0 Å². The van der Waals surface area contributed by atoms with Gasteiger partial charge in [-0.05, 0) is 45.0 Å². The SMILES string of the molecule is CC(C)(C)O/N=C(/c1cc(Cl)ccc1O)c1c(O)ccc[n+]1[O-]. The second kappa shape index (κ2) is 6.34. The third-order valence-corrected chi connectivity index (χ3v) is 3.02. The molecular formula is C16H17ClN2O4. The molecule has 0 saturated carbocycles. The molecule has 7 heteroatoms. The van der Waals surface area contributed by atoms with Gasteiger partial charge in [-0.15, -0.1) is 0 Å². The van der Waals surface area contributed by atoms with Crippen molar-refractivity contribution in [2.75, 3.05) is 0 Å². The standard InChI is InChI=1S/C16H17ClN2O4/c1-16(2,3)23-18-14(11-9-10(17)6-7-12(11)20)15-13(21)5-4-8-19(15)22/h4-9,20-21H,1-3H3/b18-14-. The number of rotatable bonds is 3. The zero-order chi connectivity index (χ0) is 17.2. The van der Waals surface area contributed by atoms with Crippen LogP contribution >= 0.6 is 11.6 Å². The summed E-state index contributed by atoms with van der Waals surface area (Å²) >= 11 is 5.96. The van der Waals surface area contributed by atoms with Gasteiger partial charge in [-0.1, -0.05) is 16.8 Å². The molecule has 0 aliphatic carbocycles. The van der Waals surface area contributed by atoms with Crippen molar-refractivity contribution in [3.05, 3.63) is 58.0 Å². The lowest BCUT2D eigenvalue weighted by molar-refractivity contribution is -0.607. The predicted molar refractivity (Wildman–Crippen MR) is 86.7 cm³/mol. The van der Waals surface area contributed by atoms with E-state index < -0.39 is 5.60 Å². The molecule has 0 aliphatic rings. The summed E-state index contributed by atoms with van der Waals surface area (Å²) < 4.78 is 0.445. The molecule has 1 heterocycles. The maximum absolute atomic E-state index is 12.1. The number of oxime groups is 1. The third-order valence-electron chi connectivity index (χ3n) is 2.79. The van der Waals surface area contributed by atoms with E-state index in [9.17, 15) is 15.4 Å². The van der Waals surface area contributed by atoms with Crippen LogP contribution in [-0.2, 0) is 4.84 Å². The summed E-state index contributed by atoms with van der Waals surface area (Å²) in [6.07, 6.45) is 1.21. The Kier molecular flexibility index (Phi) is 4.65. The molecule has 2 N–H and O–H groups in total. The Labute approximate surface area is 138 Å². The molecule has 1 aromatic carbocycles. The van der Waals surface area contributed by atoms with Crippen LogP contribution in [0.15, 0.2) is 41.7 Å². The summed E-state index contributed by atoms with van der Waals surface area (Å²) in [6.45, 7) is 5.34. The molecule has 0 fully saturated rings. The average Bonchev–Trinajstić information content (AvgIpc) is 2.44. The Morgan fingerprint density at radius 3 is 2.52 bits per heavy atom. The van der Waals surface area contributed by atoms with Crippen LogP contribution < -0.4 is 4.73 Å². The van der Waals surface area contributed by atoms with E-state index in [4.69, 9.17) is 16.4 Å². The van der Waals surface area contributed by atoms with Gasteiger partial charge in [0.25, 0.3) is 5.69 Å². The van der Waals surface area contributed by atoms with E-state index in [1.54, 1.807) is 20.8 Å². The molecule has 0 aliphatic heterocycles. The summed E-state index contributed by atoms with van der Waals surface area (Å²) in [5.41, 5.74) is -0.618. The van der Waals surface area contributed by atoms with Gasteiger partial charge in [-0.25, -0.2) is 0 Å². The Balaban J connectivity index is 2.68. The van der Waals surface area contributed by atoms with Crippen molar-refractivity contribution in [3.8, 4) is 11.5 Å². The van der Waals surface area contributed by atoms with E-state index in [-0.39, 0.29) is 28.5 Å². The first-order valence-corrected chi connectivity index (χ1v) is 7.23. The van der Waals surface area contributed by atoms with E-state index in [0.29, 0.717) is 9.75 Å². The first kappa shape index (κ1) is 16.9. The van der Waals surface area contributed by atoms with Crippen molar-refractivity contribution in [1.82, 2.24) is 0 Å². The van der Waals surface area contributed by atoms with Gasteiger partial charge in [0.2, 0.25) is 0 Å². The molecule has 2 rings (SSSR count). The van der Waals surface area contributed by atoms with Crippen LogP contribution in [0.4, 0.5) is 0 Å². The number of aromatic nitrogens is 1. The fraction of sp³-hybridized carbons (Fsp3) is 0.250. The van der Waals surface area contributed by atoms with Gasteiger partial charge in [-0.2, -0.15) is 4.73 Å². The monoisotopic (exact) mass is 336 g/mol. The summed E-state index contributed by atoms with van der Waals surface area (Å²) in [5.74, 6) is -0.438. The molecule has 2 aromatic rings. The molecular weight excluding hydrogens is 320 g/mol. The summed E-state index contributed by atoms with van der Waals surface area (Å²) in [5, 5.41) is 36.5. The van der Waals surface area contributed by atoms with Gasteiger partial charge in [0.15, 0.2) is 17.7 Å². The summed E-state index contributed by atoms with van der Waals surface area (Å²) in [7, 11) is 0. The quantitative estimate of drug-likeness (QED) is 0.390. The molecule has 1 aromatic heterocycles. The highest BCUT2D eigenvalue weighted by Crippen LogP contribution is 2.27. The van der Waals surface area contributed by atoms with Crippen LogP contribution in [0.2, 0.25) is 5.02 Å². The number of phenolic OH excluding ortho intramolecular Hbond substituents is 1. The first-order valence-electron chi connectivity index (χ1n) is 6.85. The van der Waals surface area contributed by atoms with E-state index in [2.05, 4.69) is 5.16 Å². The predicted octanol–water partition coefficient (Wildman–Crippen LogP) is 2.95. The maximum atomic E-state index is 12.1. The maximum Gasteiger partial charge on any atom is 0.288 e. The van der Waals surface area contributed by atoms with Crippen LogP contribution in [0, 0.1) is 5.21 Å². The number of pyridine rings is 1. The van der Waals surface area contributed by atoms with Gasteiger partial charge in [0.05, 0.1) is 5.56 Å². The molecule has 0 amide bonds. The molecule has 122 valence electrons. The topological polar surface area (TPSA) is 89.0 Å². The molecule has 23 heavy (non-hydrogen) atoms. The van der Waals surface area contributed by atoms with Crippen LogP contribution in [-0.4, -0.2) is 21.5 Å². The molecule has 0 spiro atoms. The number of hydrogen-bond acceptors (Lipinski definition) is 5. The summed E-state index contributed by atoms with van der Waals surface area (Å²) in [4.78, 5) is 5.38. The van der Waals surface area contributed by atoms with E-state index in [1.165, 1.54) is 36.5 Å². The number of benzene rings is 1. The fourth-order valence-corrected chi connectivity index (χ4v) is 1.98. The smallest absolute Gasteiger partial charge is 0.288 e. The zero-order valence-electron chi connectivity index (χ0n) is 12.9. The van der Waals surface area contributed by atoms with E-state index >= 15 is 0 Å². The van der Waals surface area contributed by atoms with Gasteiger partial charge < -0.3 is 20.3 Å². The van der Waals surface area contributed by atoms with Crippen LogP contribution in [0.1, 0.15) is 32.0 Å². The number of hydrogen-bond donors (Lipinski definition) is 2. The second-order valence-corrected chi connectivity index (χ2v) is 6.31. The van der Waals surface area contributed by atoms with Crippen LogP contribution in [0.3, 0.4) is 0 Å². The summed E-state index contributed by atoms with van der Waals surface area (Å²) in [6, 6.07) is 7.05. The normalized spacial score (nSPS) is 12.3. The van der Waals surface area contributed by atoms with E-state index in [0.717, 1.165) is 0 Å². The average molecular weight is 337 g/mol. The van der Waals surface area contributed by atoms with Gasteiger partial charge in [0.1, 0.15) is 11.4 Å². The van der Waals surface area contributed by atoms with E-state index in [1.807, 2.05) is 0 Å². The van der Waals surface area contributed by atoms with Gasteiger partial charge in [0, 0.05) is 11.1 Å². The van der Waals surface area contributed by atoms with Crippen molar-refractivity contribution < 1.29 is 19.8 Å². The van der Waals surface area contributed by atoms with Crippen molar-refractivity contribution >= 4 is 17.3 Å². The lowest BCUT2D eigenvalue weighted by Gasteiger charge is -2.17. The molecule has 6 nitrogen and oxygen atoms in total. The van der Waals surface area contributed by atoms with Crippen molar-refractivity contribution in [1.29, 1.82) is 0 Å². The number of phenols is 1. The van der Waals surface area contributed by atoms with Crippen molar-refractivity contribution in [2.24, 2.45) is 5.16 Å². The highest BCUT2D eigenvalue weighted by atomic mass is 35.5. The highest BCUT2D eigenvalue weighted by Gasteiger charge is 2.26. The first-order chi connectivity index (χ1) is 10.7. The number of aromatic hydroxyl groups is 2. The van der Waals surface area contributed by atoms with Gasteiger partial charge >= 0.3 is 0 Å².